The first-order valence-corrected chi connectivity index (χ1v) is 12.0. The third-order valence-electron chi connectivity index (χ3n) is 7.52. The fraction of sp³-hybridized carbons (Fsp3) is 0.680. The Hall–Kier alpha value is -2.12. The first-order chi connectivity index (χ1) is 15.2. The monoisotopic (exact) mass is 442 g/mol. The summed E-state index contributed by atoms with van der Waals surface area (Å²) < 4.78 is 0. The van der Waals surface area contributed by atoms with E-state index in [0.717, 1.165) is 69.7 Å². The molecule has 2 saturated heterocycles. The minimum Gasteiger partial charge on any atom is -0.507 e. The molecular weight excluding hydrogens is 404 g/mol. The number of hydrogen-bond donors (Lipinski definition) is 2. The molecule has 2 fully saturated rings. The quantitative estimate of drug-likeness (QED) is 0.729. The molecule has 0 aromatic heterocycles. The fourth-order valence-corrected chi connectivity index (χ4v) is 5.58. The largest absolute Gasteiger partial charge is 0.507 e. The van der Waals surface area contributed by atoms with Crippen LogP contribution in [0.4, 0.5) is 0 Å². The van der Waals surface area contributed by atoms with Gasteiger partial charge in [0, 0.05) is 44.8 Å². The number of aromatic hydroxyl groups is 1. The molecule has 1 aromatic rings. The van der Waals surface area contributed by atoms with Crippen molar-refractivity contribution in [2.45, 2.75) is 53.0 Å². The number of piperazine rings is 1. The zero-order chi connectivity index (χ0) is 23.0. The highest BCUT2D eigenvalue weighted by Gasteiger charge is 2.43. The number of carbonyl (C=O) groups is 2. The number of likely N-dealkylation sites (tertiary alicyclic amines) is 1. The number of rotatable bonds is 5. The average molecular weight is 443 g/mol. The summed E-state index contributed by atoms with van der Waals surface area (Å²) in [7, 11) is 0. The van der Waals surface area contributed by atoms with E-state index in [1.54, 1.807) is 0 Å². The summed E-state index contributed by atoms with van der Waals surface area (Å²) in [6.07, 6.45) is 3.08. The van der Waals surface area contributed by atoms with Crippen LogP contribution in [-0.2, 0) is 16.0 Å². The second-order valence-corrected chi connectivity index (χ2v) is 10.6. The molecule has 7 heteroatoms. The van der Waals surface area contributed by atoms with Crippen molar-refractivity contribution >= 4 is 11.8 Å². The van der Waals surface area contributed by atoms with Gasteiger partial charge in [-0.3, -0.25) is 19.4 Å². The minimum absolute atomic E-state index is 0.00363. The average Bonchev–Trinajstić information content (AvgIpc) is 3.35. The second kappa shape index (κ2) is 9.02. The normalized spacial score (nSPS) is 23.4. The third-order valence-corrected chi connectivity index (χ3v) is 7.52. The van der Waals surface area contributed by atoms with Gasteiger partial charge in [-0.15, -0.1) is 0 Å². The topological polar surface area (TPSA) is 76.1 Å². The summed E-state index contributed by atoms with van der Waals surface area (Å²) >= 11 is 0. The predicted molar refractivity (Wildman–Crippen MR) is 125 cm³/mol. The van der Waals surface area contributed by atoms with Gasteiger partial charge in [-0.25, -0.2) is 0 Å². The molecule has 2 heterocycles. The minimum atomic E-state index is -0.192. The van der Waals surface area contributed by atoms with E-state index >= 15 is 0 Å². The van der Waals surface area contributed by atoms with Crippen molar-refractivity contribution in [3.8, 4) is 5.75 Å². The lowest BCUT2D eigenvalue weighted by Crippen LogP contribution is -2.52. The maximum Gasteiger partial charge on any atom is 0.236 e. The van der Waals surface area contributed by atoms with Gasteiger partial charge in [0.15, 0.2) is 0 Å². The van der Waals surface area contributed by atoms with Crippen molar-refractivity contribution in [2.75, 3.05) is 52.4 Å². The van der Waals surface area contributed by atoms with Crippen LogP contribution < -0.4 is 5.32 Å². The van der Waals surface area contributed by atoms with Gasteiger partial charge in [0.05, 0.1) is 19.1 Å². The Balaban J connectivity index is 1.32. The van der Waals surface area contributed by atoms with Gasteiger partial charge >= 0.3 is 0 Å². The number of aryl methyl sites for hydroxylation is 2. The van der Waals surface area contributed by atoms with Crippen LogP contribution in [0.15, 0.2) is 6.07 Å². The van der Waals surface area contributed by atoms with Crippen LogP contribution in [0, 0.1) is 19.3 Å². The molecule has 176 valence electrons. The van der Waals surface area contributed by atoms with Crippen molar-refractivity contribution in [3.05, 3.63) is 28.3 Å². The van der Waals surface area contributed by atoms with Crippen LogP contribution in [-0.4, -0.2) is 84.0 Å². The number of nitrogens with one attached hydrogen (secondary N) is 1. The van der Waals surface area contributed by atoms with E-state index in [0.29, 0.717) is 18.8 Å². The summed E-state index contributed by atoms with van der Waals surface area (Å²) in [6, 6.07) is 1.84. The van der Waals surface area contributed by atoms with Crippen molar-refractivity contribution in [3.63, 3.8) is 0 Å². The highest BCUT2D eigenvalue weighted by molar-refractivity contribution is 5.79. The lowest BCUT2D eigenvalue weighted by atomic mass is 9.85. The maximum absolute atomic E-state index is 13.0. The van der Waals surface area contributed by atoms with Crippen LogP contribution in [0.1, 0.15) is 55.0 Å². The fourth-order valence-electron chi connectivity index (χ4n) is 5.58. The van der Waals surface area contributed by atoms with Crippen molar-refractivity contribution in [1.82, 2.24) is 20.0 Å². The maximum atomic E-state index is 13.0. The number of carbonyl (C=O) groups excluding carboxylic acids is 2. The van der Waals surface area contributed by atoms with Gasteiger partial charge in [-0.1, -0.05) is 19.9 Å². The van der Waals surface area contributed by atoms with E-state index in [-0.39, 0.29) is 23.3 Å². The lowest BCUT2D eigenvalue weighted by Gasteiger charge is -2.35. The number of hydrogen-bond acceptors (Lipinski definition) is 5. The molecule has 0 bridgehead atoms. The lowest BCUT2D eigenvalue weighted by molar-refractivity contribution is -0.132. The molecule has 7 nitrogen and oxygen atoms in total. The number of phenols is 1. The summed E-state index contributed by atoms with van der Waals surface area (Å²) in [4.78, 5) is 31.7. The molecule has 2 N–H and O–H groups in total. The molecule has 1 atom stereocenters. The van der Waals surface area contributed by atoms with E-state index in [2.05, 4.69) is 35.9 Å². The number of fused-ring (bicyclic) bond motifs is 1. The Morgan fingerprint density at radius 2 is 1.59 bits per heavy atom. The van der Waals surface area contributed by atoms with Gasteiger partial charge < -0.3 is 15.3 Å². The van der Waals surface area contributed by atoms with Crippen molar-refractivity contribution in [2.24, 2.45) is 5.41 Å². The molecule has 1 aliphatic carbocycles. The van der Waals surface area contributed by atoms with E-state index in [4.69, 9.17) is 0 Å². The Morgan fingerprint density at radius 1 is 1.00 bits per heavy atom. The van der Waals surface area contributed by atoms with Gasteiger partial charge in [0.1, 0.15) is 5.75 Å². The smallest absolute Gasteiger partial charge is 0.236 e. The van der Waals surface area contributed by atoms with Gasteiger partial charge in [-0.05, 0) is 55.2 Å². The van der Waals surface area contributed by atoms with Crippen LogP contribution >= 0.6 is 0 Å². The van der Waals surface area contributed by atoms with Gasteiger partial charge in [0.25, 0.3) is 0 Å². The molecule has 2 amide bonds. The molecule has 0 radical (unpaired) electrons. The highest BCUT2D eigenvalue weighted by Crippen LogP contribution is 2.50. The predicted octanol–water partition coefficient (Wildman–Crippen LogP) is 1.99. The van der Waals surface area contributed by atoms with E-state index < -0.39 is 0 Å². The molecule has 2 aliphatic heterocycles. The first-order valence-electron chi connectivity index (χ1n) is 12.0. The van der Waals surface area contributed by atoms with Crippen molar-refractivity contribution in [1.29, 1.82) is 0 Å². The Morgan fingerprint density at radius 3 is 2.22 bits per heavy atom. The number of benzene rings is 1. The van der Waals surface area contributed by atoms with Crippen LogP contribution in [0.5, 0.6) is 5.75 Å². The Labute approximate surface area is 191 Å². The first kappa shape index (κ1) is 23.1. The van der Waals surface area contributed by atoms with E-state index in [1.807, 2.05) is 17.9 Å². The zero-order valence-electron chi connectivity index (χ0n) is 20.0. The summed E-state index contributed by atoms with van der Waals surface area (Å²) in [5.41, 5.74) is 3.95. The van der Waals surface area contributed by atoms with Crippen LogP contribution in [0.2, 0.25) is 0 Å². The van der Waals surface area contributed by atoms with Crippen LogP contribution in [0.3, 0.4) is 0 Å². The summed E-state index contributed by atoms with van der Waals surface area (Å²) in [5, 5.41) is 14.0. The summed E-state index contributed by atoms with van der Waals surface area (Å²) in [6.45, 7) is 14.1. The SMILES string of the molecule is Cc1cc(C)c2c(c1O)C(NC(=O)CN1CCN(CC(=O)N3CCCC3)CC1)C(C)(C)C2. The molecule has 0 spiro atoms. The molecule has 1 aromatic carbocycles. The summed E-state index contributed by atoms with van der Waals surface area (Å²) in [5.74, 6) is 0.551. The number of amides is 2. The second-order valence-electron chi connectivity index (χ2n) is 10.6. The van der Waals surface area contributed by atoms with E-state index in [9.17, 15) is 14.7 Å². The molecular formula is C25H38N4O3. The number of phenolic OH excluding ortho intramolecular Hbond substituents is 1. The zero-order valence-corrected chi connectivity index (χ0v) is 20.0. The Kier molecular flexibility index (Phi) is 6.50. The van der Waals surface area contributed by atoms with Gasteiger partial charge in [-0.2, -0.15) is 0 Å². The van der Waals surface area contributed by atoms with E-state index in [1.165, 1.54) is 11.1 Å². The number of nitrogens with zero attached hydrogens (tertiary/aromatic N) is 3. The Bertz CT molecular complexity index is 884. The third kappa shape index (κ3) is 4.64. The van der Waals surface area contributed by atoms with Gasteiger partial charge in [0.2, 0.25) is 11.8 Å². The highest BCUT2D eigenvalue weighted by atomic mass is 16.3. The molecule has 32 heavy (non-hydrogen) atoms. The molecule has 4 rings (SSSR count). The molecule has 3 aliphatic rings. The van der Waals surface area contributed by atoms with Crippen LogP contribution in [0.25, 0.3) is 0 Å². The molecule has 0 saturated carbocycles. The molecule has 1 unspecified atom stereocenters. The van der Waals surface area contributed by atoms with Crippen molar-refractivity contribution < 1.29 is 14.7 Å². The standard InChI is InChI=1S/C25H38N4O3/c1-17-13-18(2)23(32)22-19(17)14-25(3,4)24(22)26-20(30)15-27-9-11-28(12-10-27)16-21(31)29-7-5-6-8-29/h13,24,32H,5-12,14-16H2,1-4H3,(H,26,30).